The molecule has 0 aromatic heterocycles. The number of carboxylic acids is 1. The van der Waals surface area contributed by atoms with Crippen molar-refractivity contribution in [3.63, 3.8) is 0 Å². The summed E-state index contributed by atoms with van der Waals surface area (Å²) in [5, 5.41) is 23.5. The van der Waals surface area contributed by atoms with Crippen LogP contribution in [0.2, 0.25) is 0 Å². The van der Waals surface area contributed by atoms with E-state index in [1.54, 1.807) is 6.92 Å². The number of fused-ring (bicyclic) bond motifs is 3. The van der Waals surface area contributed by atoms with E-state index in [9.17, 15) is 24.6 Å². The summed E-state index contributed by atoms with van der Waals surface area (Å²) in [6.07, 6.45) is -0.600. The number of aliphatic hydroxyl groups is 1. The number of ether oxygens (including phenoxy) is 1. The van der Waals surface area contributed by atoms with Crippen molar-refractivity contribution in [2.45, 2.75) is 44.2 Å². The Morgan fingerprint density at radius 3 is 1.94 bits per heavy atom. The number of amides is 2. The summed E-state index contributed by atoms with van der Waals surface area (Å²) < 4.78 is 5.50. The lowest BCUT2D eigenvalue weighted by Crippen LogP contribution is -2.64. The molecule has 0 heterocycles. The van der Waals surface area contributed by atoms with Crippen LogP contribution in [0.25, 0.3) is 11.1 Å². The highest BCUT2D eigenvalue weighted by Gasteiger charge is 2.41. The number of carbonyl (C=O) groups is 3. The van der Waals surface area contributed by atoms with Crippen LogP contribution in [0, 0.1) is 0 Å². The maximum absolute atomic E-state index is 12.7. The Kier molecular flexibility index (Phi) is 6.55. The number of benzene rings is 2. The Bertz CT molecular complexity index is 993. The lowest BCUT2D eigenvalue weighted by Gasteiger charge is -2.32. The molecule has 2 unspecified atom stereocenters. The Morgan fingerprint density at radius 2 is 1.47 bits per heavy atom. The van der Waals surface area contributed by atoms with Crippen LogP contribution in [0.3, 0.4) is 0 Å². The van der Waals surface area contributed by atoms with Gasteiger partial charge in [0.25, 0.3) is 0 Å². The smallest absolute Gasteiger partial charge is 0.408 e. The summed E-state index contributed by atoms with van der Waals surface area (Å²) in [5.41, 5.74) is 1.05. The molecule has 8 heteroatoms. The molecule has 2 aromatic rings. The lowest BCUT2D eigenvalue weighted by molar-refractivity contribution is -0.149. The molecule has 0 saturated carbocycles. The number of nitrogens with one attached hydrogen (secondary N) is 2. The van der Waals surface area contributed by atoms with E-state index in [1.165, 1.54) is 13.8 Å². The fourth-order valence-corrected chi connectivity index (χ4v) is 3.71. The molecular weight excluding hydrogens is 412 g/mol. The van der Waals surface area contributed by atoms with Crippen LogP contribution in [0.15, 0.2) is 48.5 Å². The van der Waals surface area contributed by atoms with E-state index in [-0.39, 0.29) is 18.9 Å². The Balaban J connectivity index is 1.70. The first-order valence-electron chi connectivity index (χ1n) is 10.4. The quantitative estimate of drug-likeness (QED) is 0.500. The van der Waals surface area contributed by atoms with Gasteiger partial charge >= 0.3 is 12.1 Å². The Hall–Kier alpha value is -3.39. The first-order chi connectivity index (χ1) is 15.1. The van der Waals surface area contributed by atoms with Crippen LogP contribution in [-0.2, 0) is 14.3 Å². The fraction of sp³-hybridized carbons (Fsp3) is 0.375. The number of carboxylic acid groups (broad SMARTS) is 1. The van der Waals surface area contributed by atoms with Crippen LogP contribution < -0.4 is 10.6 Å². The third-order valence-corrected chi connectivity index (χ3v) is 6.11. The van der Waals surface area contributed by atoms with Gasteiger partial charge in [-0.3, -0.25) is 4.79 Å². The number of rotatable bonds is 8. The van der Waals surface area contributed by atoms with Gasteiger partial charge < -0.3 is 25.6 Å². The first-order valence-corrected chi connectivity index (χ1v) is 10.4. The molecule has 1 aliphatic rings. The summed E-state index contributed by atoms with van der Waals surface area (Å²) in [6, 6.07) is 15.9. The van der Waals surface area contributed by atoms with Gasteiger partial charge in [-0.1, -0.05) is 55.5 Å². The van der Waals surface area contributed by atoms with Crippen molar-refractivity contribution in [2.24, 2.45) is 0 Å². The van der Waals surface area contributed by atoms with Crippen molar-refractivity contribution in [2.75, 3.05) is 13.2 Å². The molecule has 1 aliphatic carbocycles. The predicted octanol–water partition coefficient (Wildman–Crippen LogP) is 2.65. The summed E-state index contributed by atoms with van der Waals surface area (Å²) in [7, 11) is 0. The van der Waals surface area contributed by atoms with Crippen molar-refractivity contribution in [3.05, 3.63) is 59.7 Å². The zero-order valence-electron chi connectivity index (χ0n) is 18.3. The molecule has 0 aliphatic heterocycles. The van der Waals surface area contributed by atoms with Crippen LogP contribution in [0.4, 0.5) is 4.79 Å². The predicted molar refractivity (Wildman–Crippen MR) is 118 cm³/mol. The number of hydrogen-bond donors (Lipinski definition) is 4. The second-order valence-electron chi connectivity index (χ2n) is 8.39. The Morgan fingerprint density at radius 1 is 0.938 bits per heavy atom. The summed E-state index contributed by atoms with van der Waals surface area (Å²) in [6.45, 7) is 3.64. The van der Waals surface area contributed by atoms with Crippen molar-refractivity contribution >= 4 is 18.0 Å². The number of carbonyl (C=O) groups excluding carboxylic acids is 2. The van der Waals surface area contributed by atoms with Gasteiger partial charge in [0.1, 0.15) is 12.1 Å². The molecule has 0 radical (unpaired) electrons. The lowest BCUT2D eigenvalue weighted by atomic mass is 9.95. The van der Waals surface area contributed by atoms with Gasteiger partial charge in [0, 0.05) is 5.92 Å². The topological polar surface area (TPSA) is 125 Å². The molecule has 0 bridgehead atoms. The van der Waals surface area contributed by atoms with E-state index in [1.807, 2.05) is 48.5 Å². The third kappa shape index (κ3) is 4.31. The second-order valence-corrected chi connectivity index (χ2v) is 8.39. The maximum Gasteiger partial charge on any atom is 0.408 e. The minimum absolute atomic E-state index is 0.0881. The highest BCUT2D eigenvalue weighted by atomic mass is 16.5. The van der Waals surface area contributed by atoms with Crippen molar-refractivity contribution in [3.8, 4) is 11.1 Å². The molecule has 2 aromatic carbocycles. The average Bonchev–Trinajstić information content (AvgIpc) is 3.11. The molecule has 32 heavy (non-hydrogen) atoms. The Labute approximate surface area is 186 Å². The minimum Gasteiger partial charge on any atom is -0.479 e. The second kappa shape index (κ2) is 9.00. The van der Waals surface area contributed by atoms with Gasteiger partial charge in [0.05, 0.1) is 6.61 Å². The SMILES string of the molecule is CCC(C)(NC(=O)OCC1c2ccccc2-c2ccccc21)C(=O)NC(C)(CO)C(=O)O. The highest BCUT2D eigenvalue weighted by Crippen LogP contribution is 2.44. The van der Waals surface area contributed by atoms with E-state index in [2.05, 4.69) is 10.6 Å². The molecule has 3 rings (SSSR count). The van der Waals surface area contributed by atoms with Gasteiger partial charge in [-0.2, -0.15) is 0 Å². The largest absolute Gasteiger partial charge is 0.479 e. The number of hydrogen-bond acceptors (Lipinski definition) is 5. The minimum atomic E-state index is -1.86. The molecule has 0 saturated heterocycles. The van der Waals surface area contributed by atoms with Crippen molar-refractivity contribution in [1.82, 2.24) is 10.6 Å². The first kappa shape index (κ1) is 23.3. The van der Waals surface area contributed by atoms with Crippen LogP contribution >= 0.6 is 0 Å². The normalized spacial score (nSPS) is 16.1. The van der Waals surface area contributed by atoms with Gasteiger partial charge in [-0.15, -0.1) is 0 Å². The summed E-state index contributed by atoms with van der Waals surface area (Å²) >= 11 is 0. The average molecular weight is 440 g/mol. The highest BCUT2D eigenvalue weighted by molar-refractivity contribution is 5.94. The monoisotopic (exact) mass is 440 g/mol. The molecule has 0 fully saturated rings. The number of aliphatic hydroxyl groups excluding tert-OH is 1. The van der Waals surface area contributed by atoms with E-state index < -0.39 is 35.7 Å². The zero-order chi connectivity index (χ0) is 23.5. The van der Waals surface area contributed by atoms with Crippen LogP contribution in [0.5, 0.6) is 0 Å². The van der Waals surface area contributed by atoms with Crippen molar-refractivity contribution in [1.29, 1.82) is 0 Å². The standard InChI is InChI=1S/C24H28N2O6/c1-4-23(2,20(28)25-24(3,14-27)21(29)30)26-22(31)32-13-19-17-11-7-5-9-15(17)16-10-6-8-12-18(16)19/h5-12,19,27H,4,13-14H2,1-3H3,(H,25,28)(H,26,31)(H,29,30). The van der Waals surface area contributed by atoms with Crippen molar-refractivity contribution < 1.29 is 29.3 Å². The molecule has 0 spiro atoms. The number of alkyl carbamates (subject to hydrolysis) is 1. The van der Waals surface area contributed by atoms with Crippen LogP contribution in [0.1, 0.15) is 44.2 Å². The van der Waals surface area contributed by atoms with Gasteiger partial charge in [0.15, 0.2) is 5.54 Å². The van der Waals surface area contributed by atoms with E-state index in [0.717, 1.165) is 22.3 Å². The molecule has 2 amide bonds. The van der Waals surface area contributed by atoms with E-state index in [0.29, 0.717) is 0 Å². The fourth-order valence-electron chi connectivity index (χ4n) is 3.71. The molecular formula is C24H28N2O6. The molecule has 8 nitrogen and oxygen atoms in total. The molecule has 170 valence electrons. The van der Waals surface area contributed by atoms with E-state index >= 15 is 0 Å². The summed E-state index contributed by atoms with van der Waals surface area (Å²) in [4.78, 5) is 36.7. The molecule has 4 N–H and O–H groups in total. The van der Waals surface area contributed by atoms with Crippen LogP contribution in [-0.4, -0.2) is 52.5 Å². The van der Waals surface area contributed by atoms with Gasteiger partial charge in [-0.25, -0.2) is 9.59 Å². The third-order valence-electron chi connectivity index (χ3n) is 6.11. The van der Waals surface area contributed by atoms with Gasteiger partial charge in [0.2, 0.25) is 5.91 Å². The summed E-state index contributed by atoms with van der Waals surface area (Å²) in [5.74, 6) is -2.24. The van der Waals surface area contributed by atoms with Gasteiger partial charge in [-0.05, 0) is 42.5 Å². The number of aliphatic carboxylic acids is 1. The zero-order valence-corrected chi connectivity index (χ0v) is 18.3. The van der Waals surface area contributed by atoms with E-state index in [4.69, 9.17) is 4.74 Å². The maximum atomic E-state index is 12.7. The molecule has 2 atom stereocenters.